The molecule has 0 spiro atoms. The van der Waals surface area contributed by atoms with E-state index in [2.05, 4.69) is 75.1 Å². The normalized spacial score (nSPS) is 11.6. The number of hydrogen-bond acceptors (Lipinski definition) is 4. The van der Waals surface area contributed by atoms with Crippen LogP contribution in [0.5, 0.6) is 0 Å². The van der Waals surface area contributed by atoms with E-state index in [0.29, 0.717) is 22.7 Å². The quantitative estimate of drug-likeness (QED) is 0.0902. The molecule has 12 rings (SSSR count). The lowest BCUT2D eigenvalue weighted by Gasteiger charge is -2.35. The van der Waals surface area contributed by atoms with Crippen LogP contribution < -0.4 is 20.0 Å². The Balaban J connectivity index is 1.29. The van der Waals surface area contributed by atoms with Crippen LogP contribution in [-0.2, 0) is 0 Å². The van der Waals surface area contributed by atoms with Crippen LogP contribution in [0.15, 0.2) is 207 Å². The zero-order valence-electron chi connectivity index (χ0n) is 39.7. The van der Waals surface area contributed by atoms with Gasteiger partial charge in [0.25, 0.3) is 0 Å². The molecule has 12 aromatic rings. The van der Waals surface area contributed by atoms with Crippen molar-refractivity contribution in [3.63, 3.8) is 0 Å². The largest absolute Gasteiger partial charge is 0.261 e. The summed E-state index contributed by atoms with van der Waals surface area (Å²) < 4.78 is 67.9. The van der Waals surface area contributed by atoms with E-state index in [1.807, 2.05) is 101 Å². The first kappa shape index (κ1) is 44.1. The molecule has 4 aromatic heterocycles. The number of hydrogen-bond donors (Lipinski definition) is 0. The number of benzene rings is 8. The maximum Gasteiger partial charge on any atom is 0.123 e. The minimum absolute atomic E-state index is 0.364. The monoisotopic (exact) mass is 954 g/mol. The SMILES string of the molecule is Cc1cccn1N(c1ccc(F)cc1)c1cc(N(c2ccc(F)cc2)n2cccc2C)c2ccc3c(N(c4ccc(F)cc4)n4cccc4C)cc(N(c4ccc(F)cc4)n4cccc4C)c4ccc1c2c43. The molecule has 72 heavy (non-hydrogen) atoms. The Labute approximate surface area is 413 Å². The van der Waals surface area contributed by atoms with Gasteiger partial charge in [-0.1, -0.05) is 24.3 Å². The average Bonchev–Trinajstić information content (AvgIpc) is 4.22. The Bertz CT molecular complexity index is 3420. The van der Waals surface area contributed by atoms with Crippen LogP contribution in [0.1, 0.15) is 22.8 Å². The molecule has 0 aliphatic carbocycles. The lowest BCUT2D eigenvalue weighted by molar-refractivity contribution is 0.627. The van der Waals surface area contributed by atoms with Crippen LogP contribution in [0, 0.1) is 51.0 Å². The summed E-state index contributed by atoms with van der Waals surface area (Å²) in [5.74, 6) is -1.46. The lowest BCUT2D eigenvalue weighted by Crippen LogP contribution is -2.28. The van der Waals surface area contributed by atoms with Crippen LogP contribution in [0.25, 0.3) is 32.3 Å². The van der Waals surface area contributed by atoms with Crippen molar-refractivity contribution < 1.29 is 17.6 Å². The van der Waals surface area contributed by atoms with Gasteiger partial charge >= 0.3 is 0 Å². The molecular weight excluding hydrogens is 909 g/mol. The van der Waals surface area contributed by atoms with Gasteiger partial charge in [-0.3, -0.25) is 18.7 Å². The number of aromatic nitrogens is 4. The molecule has 0 saturated heterocycles. The molecule has 0 N–H and O–H groups in total. The lowest BCUT2D eigenvalue weighted by atomic mass is 9.90. The maximum absolute atomic E-state index is 14.9. The van der Waals surface area contributed by atoms with Crippen molar-refractivity contribution in [2.45, 2.75) is 27.7 Å². The van der Waals surface area contributed by atoms with Crippen molar-refractivity contribution in [3.8, 4) is 0 Å². The highest BCUT2D eigenvalue weighted by Gasteiger charge is 2.30. The third-order valence-electron chi connectivity index (χ3n) is 13.6. The number of rotatable bonds is 12. The molecule has 0 bridgehead atoms. The van der Waals surface area contributed by atoms with Gasteiger partial charge in [0, 0.05) is 79.9 Å². The van der Waals surface area contributed by atoms with Gasteiger partial charge in [0.05, 0.1) is 45.5 Å². The fraction of sp³-hybridized carbons (Fsp3) is 0.0667. The smallest absolute Gasteiger partial charge is 0.123 e. The highest BCUT2D eigenvalue weighted by molar-refractivity contribution is 6.32. The first-order valence-corrected chi connectivity index (χ1v) is 23.6. The predicted molar refractivity (Wildman–Crippen MR) is 283 cm³/mol. The molecule has 0 aliphatic heterocycles. The molecule has 12 heteroatoms. The third kappa shape index (κ3) is 7.29. The number of anilines is 8. The molecular formula is C60H46F4N8. The molecule has 8 nitrogen and oxygen atoms in total. The van der Waals surface area contributed by atoms with Crippen molar-refractivity contribution in [1.29, 1.82) is 0 Å². The molecule has 0 radical (unpaired) electrons. The number of aryl methyl sites for hydroxylation is 4. The topological polar surface area (TPSA) is 32.7 Å². The Kier molecular flexibility index (Phi) is 10.6. The van der Waals surface area contributed by atoms with Crippen LogP contribution in [0.4, 0.5) is 63.1 Å². The van der Waals surface area contributed by atoms with Gasteiger partial charge in [-0.25, -0.2) is 37.6 Å². The molecule has 0 fully saturated rings. The standard InChI is InChI=1S/C60H46F4N8/c1-39-9-5-33-65(39)69(47-21-13-43(61)14-22-47)55-37-56(70(66-34-6-10-40(66)2)48-23-15-44(62)16-24-48)52-31-32-54-58(72(68-36-8-12-42(68)4)50-27-19-46(64)20-28-50)38-57(53-30-29-51(55)59(52)60(53)54)71(67-35-7-11-41(67)3)49-25-17-45(63)18-26-49/h5-38H,1-4H3. The summed E-state index contributed by atoms with van der Waals surface area (Å²) in [6.07, 6.45) is 7.95. The van der Waals surface area contributed by atoms with E-state index < -0.39 is 0 Å². The van der Waals surface area contributed by atoms with Crippen LogP contribution in [0.2, 0.25) is 0 Å². The van der Waals surface area contributed by atoms with Crippen molar-refractivity contribution in [3.05, 3.63) is 253 Å². The second-order valence-electron chi connectivity index (χ2n) is 18.0. The van der Waals surface area contributed by atoms with E-state index in [4.69, 9.17) is 0 Å². The van der Waals surface area contributed by atoms with Crippen molar-refractivity contribution in [1.82, 2.24) is 18.7 Å². The van der Waals surface area contributed by atoms with E-state index in [9.17, 15) is 17.6 Å². The summed E-state index contributed by atoms with van der Waals surface area (Å²) in [7, 11) is 0. The van der Waals surface area contributed by atoms with Gasteiger partial charge in [0.15, 0.2) is 0 Å². The highest BCUT2D eigenvalue weighted by Crippen LogP contribution is 2.52. The van der Waals surface area contributed by atoms with Crippen molar-refractivity contribution >= 4 is 77.8 Å². The molecule has 4 heterocycles. The zero-order chi connectivity index (χ0) is 49.4. The molecule has 0 aliphatic rings. The van der Waals surface area contributed by atoms with Gasteiger partial charge in [-0.2, -0.15) is 0 Å². The van der Waals surface area contributed by atoms with E-state index >= 15 is 0 Å². The molecule has 0 unspecified atom stereocenters. The van der Waals surface area contributed by atoms with Crippen LogP contribution in [0.3, 0.4) is 0 Å². The Morgan fingerprint density at radius 1 is 0.278 bits per heavy atom. The van der Waals surface area contributed by atoms with E-state index in [0.717, 1.165) is 77.8 Å². The number of nitrogens with zero attached hydrogens (tertiary/aromatic N) is 8. The fourth-order valence-corrected chi connectivity index (χ4v) is 10.2. The zero-order valence-corrected chi connectivity index (χ0v) is 39.7. The first-order chi connectivity index (χ1) is 35.0. The Morgan fingerprint density at radius 2 is 0.486 bits per heavy atom. The second-order valence-corrected chi connectivity index (χ2v) is 18.0. The summed E-state index contributed by atoms with van der Waals surface area (Å²) >= 11 is 0. The summed E-state index contributed by atoms with van der Waals surface area (Å²) in [5, 5.41) is 13.7. The number of halogens is 4. The van der Waals surface area contributed by atoms with Gasteiger partial charge in [-0.05, 0) is 185 Å². The highest BCUT2D eigenvalue weighted by atomic mass is 19.1. The first-order valence-electron chi connectivity index (χ1n) is 23.6. The predicted octanol–water partition coefficient (Wildman–Crippen LogP) is 16.0. The molecule has 0 amide bonds. The molecule has 354 valence electrons. The minimum atomic E-state index is -0.364. The molecule has 8 aromatic carbocycles. The van der Waals surface area contributed by atoms with Crippen LogP contribution in [-0.4, -0.2) is 18.7 Å². The summed E-state index contributed by atoms with van der Waals surface area (Å²) in [4.78, 5) is 0. The van der Waals surface area contributed by atoms with E-state index in [-0.39, 0.29) is 23.3 Å². The van der Waals surface area contributed by atoms with Crippen molar-refractivity contribution in [2.24, 2.45) is 0 Å². The average molecular weight is 955 g/mol. The van der Waals surface area contributed by atoms with Crippen molar-refractivity contribution in [2.75, 3.05) is 20.0 Å². The minimum Gasteiger partial charge on any atom is -0.261 e. The second kappa shape index (κ2) is 17.4. The summed E-state index contributed by atoms with van der Waals surface area (Å²) in [6, 6.07) is 54.8. The Hall–Kier alpha value is -9.16. The van der Waals surface area contributed by atoms with Gasteiger partial charge in [0.2, 0.25) is 0 Å². The van der Waals surface area contributed by atoms with Gasteiger partial charge in [-0.15, -0.1) is 0 Å². The molecule has 0 atom stereocenters. The third-order valence-corrected chi connectivity index (χ3v) is 13.6. The van der Waals surface area contributed by atoms with Gasteiger partial charge in [0.1, 0.15) is 23.3 Å². The molecule has 0 saturated carbocycles. The van der Waals surface area contributed by atoms with Gasteiger partial charge < -0.3 is 0 Å². The summed E-state index contributed by atoms with van der Waals surface area (Å²) in [6.45, 7) is 8.11. The fourth-order valence-electron chi connectivity index (χ4n) is 10.2. The van der Waals surface area contributed by atoms with E-state index in [1.54, 1.807) is 48.5 Å². The van der Waals surface area contributed by atoms with E-state index in [1.165, 1.54) is 48.5 Å². The van der Waals surface area contributed by atoms with Crippen LogP contribution >= 0.6 is 0 Å². The maximum atomic E-state index is 14.9. The summed E-state index contributed by atoms with van der Waals surface area (Å²) in [5.41, 5.74) is 9.65. The Morgan fingerprint density at radius 3 is 0.667 bits per heavy atom.